The minimum atomic E-state index is -0.00201. The van der Waals surface area contributed by atoms with Crippen LogP contribution < -0.4 is 15.4 Å². The molecule has 2 rings (SSSR count). The molecule has 0 saturated heterocycles. The lowest BCUT2D eigenvalue weighted by Crippen LogP contribution is -2.36. The molecule has 0 saturated carbocycles. The minimum absolute atomic E-state index is 0.00201. The lowest BCUT2D eigenvalue weighted by molar-refractivity contribution is 0.0827. The molecule has 0 spiro atoms. The molecule has 0 aliphatic rings. The van der Waals surface area contributed by atoms with Crippen LogP contribution in [-0.4, -0.2) is 48.5 Å². The van der Waals surface area contributed by atoms with Gasteiger partial charge in [-0.1, -0.05) is 18.2 Å². The van der Waals surface area contributed by atoms with Gasteiger partial charge in [-0.25, -0.2) is 9.98 Å². The summed E-state index contributed by atoms with van der Waals surface area (Å²) in [7, 11) is 3.49. The summed E-state index contributed by atoms with van der Waals surface area (Å²) in [6.45, 7) is 7.87. The first-order chi connectivity index (χ1) is 13.9. The number of benzene rings is 1. The smallest absolute Gasteiger partial charge is 0.253 e. The third-order valence-electron chi connectivity index (χ3n) is 3.99. The summed E-state index contributed by atoms with van der Waals surface area (Å²) < 4.78 is 5.56. The molecule has 156 valence electrons. The van der Waals surface area contributed by atoms with Gasteiger partial charge in [0.1, 0.15) is 0 Å². The summed E-state index contributed by atoms with van der Waals surface area (Å²) in [5, 5.41) is 6.55. The van der Waals surface area contributed by atoms with Crippen LogP contribution in [0.3, 0.4) is 0 Å². The third kappa shape index (κ3) is 7.44. The SMILES string of the molecule is CCNC(=NCc1ccc(OC(C)C)nc1)NCc1ccc(C(=O)N(C)C)cc1. The largest absolute Gasteiger partial charge is 0.475 e. The van der Waals surface area contributed by atoms with Crippen LogP contribution in [0.15, 0.2) is 47.6 Å². The number of pyridine rings is 1. The number of nitrogens with zero attached hydrogens (tertiary/aromatic N) is 3. The van der Waals surface area contributed by atoms with E-state index in [2.05, 4.69) is 20.6 Å². The number of aromatic nitrogens is 1. The van der Waals surface area contributed by atoms with E-state index in [-0.39, 0.29) is 12.0 Å². The first-order valence-electron chi connectivity index (χ1n) is 9.83. The molecule has 1 aromatic heterocycles. The molecular weight excluding hydrogens is 366 g/mol. The molecule has 1 heterocycles. The fourth-order valence-electron chi connectivity index (χ4n) is 2.54. The molecule has 7 heteroatoms. The molecule has 2 aromatic rings. The van der Waals surface area contributed by atoms with E-state index in [4.69, 9.17) is 4.74 Å². The van der Waals surface area contributed by atoms with Gasteiger partial charge in [0, 0.05) is 45.0 Å². The number of carbonyl (C=O) groups excluding carboxylic acids is 1. The van der Waals surface area contributed by atoms with Crippen molar-refractivity contribution < 1.29 is 9.53 Å². The predicted molar refractivity (Wildman–Crippen MR) is 116 cm³/mol. The summed E-state index contributed by atoms with van der Waals surface area (Å²) in [5.41, 5.74) is 2.75. The zero-order valence-corrected chi connectivity index (χ0v) is 17.9. The van der Waals surface area contributed by atoms with Crippen LogP contribution in [0.25, 0.3) is 0 Å². The van der Waals surface area contributed by atoms with Gasteiger partial charge in [-0.15, -0.1) is 0 Å². The van der Waals surface area contributed by atoms with Crippen LogP contribution in [0.5, 0.6) is 5.88 Å². The Bertz CT molecular complexity index is 799. The maximum absolute atomic E-state index is 12.0. The molecule has 7 nitrogen and oxygen atoms in total. The normalized spacial score (nSPS) is 11.3. The zero-order chi connectivity index (χ0) is 21.2. The van der Waals surface area contributed by atoms with E-state index >= 15 is 0 Å². The van der Waals surface area contributed by atoms with Crippen molar-refractivity contribution in [2.45, 2.75) is 40.0 Å². The Labute approximate surface area is 173 Å². The molecule has 1 aromatic carbocycles. The quantitative estimate of drug-likeness (QED) is 0.529. The maximum Gasteiger partial charge on any atom is 0.253 e. The van der Waals surface area contributed by atoms with Gasteiger partial charge in [0.05, 0.1) is 12.6 Å². The van der Waals surface area contributed by atoms with Gasteiger partial charge in [0.15, 0.2) is 5.96 Å². The topological polar surface area (TPSA) is 78.9 Å². The summed E-state index contributed by atoms with van der Waals surface area (Å²) in [5.74, 6) is 1.34. The maximum atomic E-state index is 12.0. The summed E-state index contributed by atoms with van der Waals surface area (Å²) >= 11 is 0. The molecule has 29 heavy (non-hydrogen) atoms. The molecule has 0 fully saturated rings. The fourth-order valence-corrected chi connectivity index (χ4v) is 2.54. The van der Waals surface area contributed by atoms with Crippen LogP contribution in [0.1, 0.15) is 42.3 Å². The summed E-state index contributed by atoms with van der Waals surface area (Å²) in [6.07, 6.45) is 1.89. The minimum Gasteiger partial charge on any atom is -0.475 e. The first kappa shape index (κ1) is 22.2. The predicted octanol–water partition coefficient (Wildman–Crippen LogP) is 2.83. The number of hydrogen-bond donors (Lipinski definition) is 2. The van der Waals surface area contributed by atoms with Crippen molar-refractivity contribution in [2.24, 2.45) is 4.99 Å². The summed E-state index contributed by atoms with van der Waals surface area (Å²) in [4.78, 5) is 22.5. The zero-order valence-electron chi connectivity index (χ0n) is 17.9. The van der Waals surface area contributed by atoms with Crippen LogP contribution in [0.2, 0.25) is 0 Å². The van der Waals surface area contributed by atoms with E-state index in [1.165, 1.54) is 0 Å². The number of ether oxygens (including phenoxy) is 1. The van der Waals surface area contributed by atoms with Gasteiger partial charge in [-0.3, -0.25) is 4.79 Å². The Morgan fingerprint density at radius 1 is 1.10 bits per heavy atom. The van der Waals surface area contributed by atoms with Gasteiger partial charge in [0.2, 0.25) is 5.88 Å². The van der Waals surface area contributed by atoms with E-state index in [1.807, 2.05) is 57.2 Å². The van der Waals surface area contributed by atoms with Crippen LogP contribution >= 0.6 is 0 Å². The molecule has 0 aliphatic carbocycles. The van der Waals surface area contributed by atoms with E-state index in [9.17, 15) is 4.79 Å². The van der Waals surface area contributed by atoms with E-state index < -0.39 is 0 Å². The highest BCUT2D eigenvalue weighted by Gasteiger charge is 2.07. The van der Waals surface area contributed by atoms with Crippen molar-refractivity contribution in [2.75, 3.05) is 20.6 Å². The van der Waals surface area contributed by atoms with Gasteiger partial charge in [0.25, 0.3) is 5.91 Å². The fraction of sp³-hybridized carbons (Fsp3) is 0.409. The van der Waals surface area contributed by atoms with E-state index in [0.29, 0.717) is 24.5 Å². The van der Waals surface area contributed by atoms with Crippen LogP contribution in [-0.2, 0) is 13.1 Å². The Morgan fingerprint density at radius 2 is 1.79 bits per heavy atom. The second-order valence-electron chi connectivity index (χ2n) is 7.12. The van der Waals surface area contributed by atoms with Crippen molar-refractivity contribution in [3.05, 3.63) is 59.3 Å². The van der Waals surface area contributed by atoms with E-state index in [0.717, 1.165) is 23.6 Å². The highest BCUT2D eigenvalue weighted by molar-refractivity contribution is 5.93. The molecule has 0 aliphatic heterocycles. The number of rotatable bonds is 8. The van der Waals surface area contributed by atoms with Crippen LogP contribution in [0, 0.1) is 0 Å². The number of aliphatic imine (C=N–C) groups is 1. The lowest BCUT2D eigenvalue weighted by atomic mass is 10.1. The average Bonchev–Trinajstić information content (AvgIpc) is 2.70. The molecule has 2 N–H and O–H groups in total. The Morgan fingerprint density at radius 3 is 2.34 bits per heavy atom. The van der Waals surface area contributed by atoms with Crippen molar-refractivity contribution in [1.82, 2.24) is 20.5 Å². The average molecular weight is 398 g/mol. The summed E-state index contributed by atoms with van der Waals surface area (Å²) in [6, 6.07) is 11.4. The van der Waals surface area contributed by atoms with Crippen molar-refractivity contribution in [3.63, 3.8) is 0 Å². The number of amides is 1. The monoisotopic (exact) mass is 397 g/mol. The number of guanidine groups is 1. The standard InChI is InChI=1S/C22H31N5O2/c1-6-23-22(26-15-18-9-12-20(24-14-18)29-16(2)3)25-13-17-7-10-19(11-8-17)21(28)27(4)5/h7-12,14,16H,6,13,15H2,1-5H3,(H2,23,25,26). The van der Waals surface area contributed by atoms with Crippen molar-refractivity contribution >= 4 is 11.9 Å². The Balaban J connectivity index is 1.94. The second-order valence-corrected chi connectivity index (χ2v) is 7.12. The second kappa shape index (κ2) is 11.0. The molecule has 0 unspecified atom stereocenters. The highest BCUT2D eigenvalue weighted by Crippen LogP contribution is 2.10. The van der Waals surface area contributed by atoms with Crippen LogP contribution in [0.4, 0.5) is 0 Å². The van der Waals surface area contributed by atoms with Gasteiger partial charge < -0.3 is 20.3 Å². The number of carbonyl (C=O) groups is 1. The lowest BCUT2D eigenvalue weighted by Gasteiger charge is -2.13. The van der Waals surface area contributed by atoms with Gasteiger partial charge in [-0.05, 0) is 44.0 Å². The van der Waals surface area contributed by atoms with Crippen molar-refractivity contribution in [3.8, 4) is 5.88 Å². The van der Waals surface area contributed by atoms with Gasteiger partial charge in [-0.2, -0.15) is 0 Å². The number of hydrogen-bond acceptors (Lipinski definition) is 4. The molecule has 0 radical (unpaired) electrons. The highest BCUT2D eigenvalue weighted by atomic mass is 16.5. The first-order valence-corrected chi connectivity index (χ1v) is 9.83. The number of nitrogens with one attached hydrogen (secondary N) is 2. The molecular formula is C22H31N5O2. The molecule has 1 amide bonds. The van der Waals surface area contributed by atoms with E-state index in [1.54, 1.807) is 25.2 Å². The Hall–Kier alpha value is -3.09. The molecule has 0 atom stereocenters. The third-order valence-corrected chi connectivity index (χ3v) is 3.99. The Kier molecular flexibility index (Phi) is 8.45. The van der Waals surface area contributed by atoms with Gasteiger partial charge >= 0.3 is 0 Å². The molecule has 0 bridgehead atoms. The van der Waals surface area contributed by atoms with Crippen molar-refractivity contribution in [1.29, 1.82) is 0 Å².